The third kappa shape index (κ3) is 14.6. The summed E-state index contributed by atoms with van der Waals surface area (Å²) in [5.74, 6) is 2.00. The van der Waals surface area contributed by atoms with Crippen molar-refractivity contribution in [2.45, 2.75) is 90.9 Å². The quantitative estimate of drug-likeness (QED) is 0.121. The molecule has 2 rings (SSSR count). The van der Waals surface area contributed by atoms with Crippen LogP contribution in [0.3, 0.4) is 0 Å². The highest BCUT2D eigenvalue weighted by Gasteiger charge is 2.01. The van der Waals surface area contributed by atoms with E-state index in [0.717, 1.165) is 48.9 Å². The van der Waals surface area contributed by atoms with Crippen LogP contribution in [0, 0.1) is 0 Å². The van der Waals surface area contributed by atoms with Crippen molar-refractivity contribution < 1.29 is 9.47 Å². The smallest absolute Gasteiger partial charge is 0.198 e. The van der Waals surface area contributed by atoms with Crippen molar-refractivity contribution in [1.29, 1.82) is 0 Å². The van der Waals surface area contributed by atoms with Crippen LogP contribution in [0.1, 0.15) is 90.9 Å². The number of nitrogens with one attached hydrogen (secondary N) is 1. The second-order valence-electron chi connectivity index (χ2n) is 8.88. The highest BCUT2D eigenvalue weighted by molar-refractivity contribution is 5.94. The molecule has 0 aliphatic rings. The summed E-state index contributed by atoms with van der Waals surface area (Å²) >= 11 is 0. The molecule has 0 aliphatic heterocycles. The third-order valence-electron chi connectivity index (χ3n) is 5.71. The minimum atomic E-state index is 0. The van der Waals surface area contributed by atoms with Gasteiger partial charge in [-0.15, -0.1) is 12.4 Å². The highest BCUT2D eigenvalue weighted by Crippen LogP contribution is 2.22. The van der Waals surface area contributed by atoms with E-state index in [9.17, 15) is 0 Å². The maximum Gasteiger partial charge on any atom is 0.198 e. The molecule has 5 nitrogen and oxygen atoms in total. The summed E-state index contributed by atoms with van der Waals surface area (Å²) in [7, 11) is 0. The van der Waals surface area contributed by atoms with Crippen LogP contribution < -0.4 is 20.5 Å². The Morgan fingerprint density at radius 1 is 0.714 bits per heavy atom. The molecule has 0 saturated carbocycles. The second kappa shape index (κ2) is 19.9. The minimum Gasteiger partial charge on any atom is -0.494 e. The Kier molecular flexibility index (Phi) is 17.4. The number of aliphatic imine (C=N–C) groups is 1. The molecule has 0 radical (unpaired) electrons. The molecule has 0 spiro atoms. The lowest BCUT2D eigenvalue weighted by atomic mass is 10.1. The first-order valence-electron chi connectivity index (χ1n) is 13.3. The first kappa shape index (κ1) is 30.6. The van der Waals surface area contributed by atoms with Crippen molar-refractivity contribution in [2.24, 2.45) is 10.7 Å². The Bertz CT molecular complexity index is 829. The fourth-order valence-electron chi connectivity index (χ4n) is 3.77. The normalized spacial score (nSPS) is 11.1. The lowest BCUT2D eigenvalue weighted by molar-refractivity contribution is 0.304. The van der Waals surface area contributed by atoms with E-state index in [1.54, 1.807) is 0 Å². The van der Waals surface area contributed by atoms with Crippen LogP contribution in [0.25, 0.3) is 0 Å². The largest absolute Gasteiger partial charge is 0.494 e. The molecule has 0 bridgehead atoms. The van der Waals surface area contributed by atoms with Crippen LogP contribution in [-0.4, -0.2) is 19.2 Å². The van der Waals surface area contributed by atoms with Gasteiger partial charge in [0, 0.05) is 17.8 Å². The molecule has 0 atom stereocenters. The van der Waals surface area contributed by atoms with Crippen molar-refractivity contribution in [2.75, 3.05) is 18.5 Å². The molecular weight excluding hydrogens is 458 g/mol. The van der Waals surface area contributed by atoms with Gasteiger partial charge in [-0.25, -0.2) is 4.99 Å². The van der Waals surface area contributed by atoms with E-state index in [1.165, 1.54) is 64.2 Å². The van der Waals surface area contributed by atoms with Gasteiger partial charge in [0.15, 0.2) is 5.96 Å². The summed E-state index contributed by atoms with van der Waals surface area (Å²) in [5, 5.41) is 3.16. The third-order valence-corrected chi connectivity index (χ3v) is 5.71. The Morgan fingerprint density at radius 3 is 1.83 bits per heavy atom. The van der Waals surface area contributed by atoms with Gasteiger partial charge in [0.2, 0.25) is 0 Å². The molecule has 0 aliphatic carbocycles. The van der Waals surface area contributed by atoms with Gasteiger partial charge >= 0.3 is 0 Å². The molecule has 35 heavy (non-hydrogen) atoms. The Balaban J connectivity index is 0.00000612. The van der Waals surface area contributed by atoms with E-state index in [4.69, 9.17) is 15.2 Å². The van der Waals surface area contributed by atoms with Crippen molar-refractivity contribution in [3.63, 3.8) is 0 Å². The predicted molar refractivity (Wildman–Crippen MR) is 153 cm³/mol. The van der Waals surface area contributed by atoms with Crippen molar-refractivity contribution in [1.82, 2.24) is 0 Å². The molecule has 0 heterocycles. The number of unbranched alkanes of at least 4 members (excludes halogenated alkanes) is 10. The number of hydrogen-bond acceptors (Lipinski definition) is 3. The number of rotatable bonds is 18. The zero-order valence-electron chi connectivity index (χ0n) is 21.8. The van der Waals surface area contributed by atoms with E-state index >= 15 is 0 Å². The van der Waals surface area contributed by atoms with Gasteiger partial charge in [0.25, 0.3) is 0 Å². The van der Waals surface area contributed by atoms with Crippen LogP contribution in [0.2, 0.25) is 0 Å². The number of halogens is 1. The van der Waals surface area contributed by atoms with Gasteiger partial charge in [-0.05, 0) is 37.1 Å². The number of hydrogen-bond donors (Lipinski definition) is 2. The lowest BCUT2D eigenvalue weighted by Crippen LogP contribution is -2.21. The standard InChI is InChI=1S/C29H45N3O2.ClH/c1-3-5-7-9-11-13-21-33-27-19-15-17-25(23-27)31-29(30)32-26-18-16-20-28(24-26)34-22-14-12-10-8-6-4-2;/h15-20,23-24H,3-14,21-22H2,1-2H3,(H3,30,31,32);1H. The SMILES string of the molecule is CCCCCCCCOc1cccc(N=C(N)Nc2cccc(OCCCCCCCC)c2)c1.Cl. The van der Waals surface area contributed by atoms with Gasteiger partial charge in [-0.1, -0.05) is 90.2 Å². The molecular formula is C29H46ClN3O2. The lowest BCUT2D eigenvalue weighted by Gasteiger charge is -2.10. The molecule has 0 fully saturated rings. The van der Waals surface area contributed by atoms with Gasteiger partial charge < -0.3 is 20.5 Å². The van der Waals surface area contributed by atoms with E-state index < -0.39 is 0 Å². The summed E-state index contributed by atoms with van der Waals surface area (Å²) in [4.78, 5) is 4.50. The molecule has 0 unspecified atom stereocenters. The Morgan fingerprint density at radius 2 is 1.23 bits per heavy atom. The average Bonchev–Trinajstić information content (AvgIpc) is 2.83. The first-order valence-corrected chi connectivity index (χ1v) is 13.3. The molecule has 196 valence electrons. The van der Waals surface area contributed by atoms with E-state index in [2.05, 4.69) is 24.2 Å². The molecule has 0 saturated heterocycles. The van der Waals surface area contributed by atoms with Gasteiger partial charge in [-0.2, -0.15) is 0 Å². The summed E-state index contributed by atoms with van der Waals surface area (Å²) in [6.45, 7) is 5.96. The number of benzene rings is 2. The molecule has 3 N–H and O–H groups in total. The van der Waals surface area contributed by atoms with Crippen LogP contribution >= 0.6 is 12.4 Å². The van der Waals surface area contributed by atoms with Crippen LogP contribution in [0.4, 0.5) is 11.4 Å². The average molecular weight is 504 g/mol. The summed E-state index contributed by atoms with van der Waals surface area (Å²) in [6.07, 6.45) is 15.0. The number of anilines is 1. The number of ether oxygens (including phenoxy) is 2. The fraction of sp³-hybridized carbons (Fsp3) is 0.552. The maximum absolute atomic E-state index is 6.15. The molecule has 2 aromatic rings. The second-order valence-corrected chi connectivity index (χ2v) is 8.88. The molecule has 0 aromatic heterocycles. The number of nitrogens with zero attached hydrogens (tertiary/aromatic N) is 1. The minimum absolute atomic E-state index is 0. The van der Waals surface area contributed by atoms with Gasteiger partial charge in [-0.3, -0.25) is 0 Å². The van der Waals surface area contributed by atoms with Crippen LogP contribution in [0.15, 0.2) is 53.5 Å². The van der Waals surface area contributed by atoms with Crippen LogP contribution in [-0.2, 0) is 0 Å². The summed E-state index contributed by atoms with van der Waals surface area (Å²) in [6, 6.07) is 15.6. The number of nitrogens with two attached hydrogens (primary N) is 1. The topological polar surface area (TPSA) is 68.9 Å². The Labute approximate surface area is 219 Å². The van der Waals surface area contributed by atoms with Gasteiger partial charge in [0.1, 0.15) is 11.5 Å². The zero-order chi connectivity index (χ0) is 24.3. The van der Waals surface area contributed by atoms with E-state index in [-0.39, 0.29) is 12.4 Å². The highest BCUT2D eigenvalue weighted by atomic mass is 35.5. The van der Waals surface area contributed by atoms with Gasteiger partial charge in [0.05, 0.1) is 18.9 Å². The zero-order valence-corrected chi connectivity index (χ0v) is 22.6. The number of guanidine groups is 1. The predicted octanol–water partition coefficient (Wildman–Crippen LogP) is 8.65. The van der Waals surface area contributed by atoms with Crippen LogP contribution in [0.5, 0.6) is 11.5 Å². The summed E-state index contributed by atoms with van der Waals surface area (Å²) < 4.78 is 11.8. The molecule has 6 heteroatoms. The molecule has 2 aromatic carbocycles. The van der Waals surface area contributed by atoms with Crippen molar-refractivity contribution in [3.05, 3.63) is 48.5 Å². The first-order chi connectivity index (χ1) is 16.7. The van der Waals surface area contributed by atoms with E-state index in [1.807, 2.05) is 48.5 Å². The van der Waals surface area contributed by atoms with Crippen molar-refractivity contribution >= 4 is 29.7 Å². The monoisotopic (exact) mass is 503 g/mol. The summed E-state index contributed by atoms with van der Waals surface area (Å²) in [5.41, 5.74) is 7.78. The molecule has 0 amide bonds. The fourth-order valence-corrected chi connectivity index (χ4v) is 3.77. The Hall–Kier alpha value is -2.40. The van der Waals surface area contributed by atoms with Crippen molar-refractivity contribution in [3.8, 4) is 11.5 Å². The maximum atomic E-state index is 6.15. The van der Waals surface area contributed by atoms with E-state index in [0.29, 0.717) is 5.96 Å².